The number of halogens is 1. The van der Waals surface area contributed by atoms with Crippen molar-refractivity contribution in [1.29, 1.82) is 0 Å². The first kappa shape index (κ1) is 17.3. The van der Waals surface area contributed by atoms with Crippen LogP contribution in [0.4, 0.5) is 10.1 Å². The molecule has 1 heterocycles. The highest BCUT2D eigenvalue weighted by Gasteiger charge is 2.17. The number of benzene rings is 2. The van der Waals surface area contributed by atoms with Gasteiger partial charge >= 0.3 is 0 Å². The fourth-order valence-electron chi connectivity index (χ4n) is 2.13. The number of thiophene rings is 1. The lowest BCUT2D eigenvalue weighted by molar-refractivity contribution is 0.600. The zero-order valence-electron chi connectivity index (χ0n) is 13.3. The molecule has 0 fully saturated rings. The molecular weight excluding hydrogens is 359 g/mol. The summed E-state index contributed by atoms with van der Waals surface area (Å²) in [6, 6.07) is 16.6. The summed E-state index contributed by atoms with van der Waals surface area (Å²) in [4.78, 5) is 0. The number of hydrogen-bond donors (Lipinski definition) is 1. The van der Waals surface area contributed by atoms with Gasteiger partial charge in [-0.25, -0.2) is 4.39 Å². The van der Waals surface area contributed by atoms with Gasteiger partial charge in [-0.3, -0.25) is 0 Å². The van der Waals surface area contributed by atoms with Gasteiger partial charge in [-0.05, 0) is 36.1 Å². The third-order valence-electron chi connectivity index (χ3n) is 3.44. The molecule has 3 aromatic rings. The molecule has 0 bridgehead atoms. The number of anilines is 1. The molecule has 7 heteroatoms. The van der Waals surface area contributed by atoms with Gasteiger partial charge in [-0.2, -0.15) is 8.42 Å². The SMILES string of the molecule is Cc1ccc(NC(=NS(=O)(=O)c2cccs2)c2ccccc2)cc1F. The summed E-state index contributed by atoms with van der Waals surface area (Å²) < 4.78 is 42.9. The molecule has 2 aromatic carbocycles. The second kappa shape index (κ2) is 7.16. The molecule has 0 spiro atoms. The predicted octanol–water partition coefficient (Wildman–Crippen LogP) is 4.44. The van der Waals surface area contributed by atoms with Crippen molar-refractivity contribution < 1.29 is 12.8 Å². The third-order valence-corrected chi connectivity index (χ3v) is 6.09. The van der Waals surface area contributed by atoms with Crippen molar-refractivity contribution in [2.75, 3.05) is 5.32 Å². The normalized spacial score (nSPS) is 12.2. The second-order valence-corrected chi connectivity index (χ2v) is 8.08. The van der Waals surface area contributed by atoms with Gasteiger partial charge < -0.3 is 5.32 Å². The van der Waals surface area contributed by atoms with Crippen molar-refractivity contribution in [3.63, 3.8) is 0 Å². The molecule has 0 aliphatic rings. The van der Waals surface area contributed by atoms with Crippen LogP contribution in [-0.2, 0) is 10.0 Å². The number of rotatable bonds is 4. The summed E-state index contributed by atoms with van der Waals surface area (Å²) >= 11 is 1.09. The van der Waals surface area contributed by atoms with Crippen LogP contribution in [0.15, 0.2) is 74.7 Å². The highest BCUT2D eigenvalue weighted by molar-refractivity contribution is 7.92. The highest BCUT2D eigenvalue weighted by atomic mass is 32.2. The molecule has 0 unspecified atom stereocenters. The Morgan fingerprint density at radius 3 is 2.48 bits per heavy atom. The van der Waals surface area contributed by atoms with Crippen LogP contribution < -0.4 is 5.32 Å². The molecule has 1 N–H and O–H groups in total. The Morgan fingerprint density at radius 1 is 1.08 bits per heavy atom. The standard InChI is InChI=1S/C18H15FN2O2S2/c1-13-9-10-15(12-16(13)19)20-18(14-6-3-2-4-7-14)21-25(22,23)17-8-5-11-24-17/h2-12H,1H3,(H,20,21). The number of amidine groups is 1. The van der Waals surface area contributed by atoms with E-state index in [2.05, 4.69) is 9.71 Å². The Bertz CT molecular complexity index is 999. The topological polar surface area (TPSA) is 58.5 Å². The summed E-state index contributed by atoms with van der Waals surface area (Å²) in [6.07, 6.45) is 0. The first-order valence-electron chi connectivity index (χ1n) is 7.43. The molecule has 0 amide bonds. The summed E-state index contributed by atoms with van der Waals surface area (Å²) in [5.74, 6) is -0.240. The Hall–Kier alpha value is -2.51. The van der Waals surface area contributed by atoms with Gasteiger partial charge in [0.1, 0.15) is 10.0 Å². The molecule has 0 aliphatic heterocycles. The van der Waals surface area contributed by atoms with Crippen LogP contribution in [0, 0.1) is 12.7 Å². The Labute approximate surface area is 149 Å². The largest absolute Gasteiger partial charge is 0.339 e. The van der Waals surface area contributed by atoms with Crippen LogP contribution in [0.5, 0.6) is 0 Å². The van der Waals surface area contributed by atoms with Crippen LogP contribution in [0.25, 0.3) is 0 Å². The number of nitrogens with one attached hydrogen (secondary N) is 1. The van der Waals surface area contributed by atoms with Crippen molar-refractivity contribution in [3.05, 3.63) is 83.0 Å². The number of hydrogen-bond acceptors (Lipinski definition) is 3. The maximum atomic E-state index is 13.8. The van der Waals surface area contributed by atoms with Crippen molar-refractivity contribution in [3.8, 4) is 0 Å². The smallest absolute Gasteiger partial charge is 0.293 e. The monoisotopic (exact) mass is 374 g/mol. The van der Waals surface area contributed by atoms with E-state index in [1.807, 2.05) is 6.07 Å². The summed E-state index contributed by atoms with van der Waals surface area (Å²) in [7, 11) is -3.85. The Morgan fingerprint density at radius 2 is 1.84 bits per heavy atom. The minimum atomic E-state index is -3.85. The van der Waals surface area contributed by atoms with Gasteiger partial charge in [-0.15, -0.1) is 15.7 Å². The number of nitrogens with zero attached hydrogens (tertiary/aromatic N) is 1. The summed E-state index contributed by atoms with van der Waals surface area (Å²) in [6.45, 7) is 1.66. The molecule has 128 valence electrons. The Kier molecular flexibility index (Phi) is 4.96. The molecule has 0 aliphatic carbocycles. The zero-order valence-corrected chi connectivity index (χ0v) is 14.9. The molecule has 4 nitrogen and oxygen atoms in total. The molecule has 0 radical (unpaired) electrons. The van der Waals surface area contributed by atoms with Crippen molar-refractivity contribution in [2.45, 2.75) is 11.1 Å². The number of sulfonamides is 1. The summed E-state index contributed by atoms with van der Waals surface area (Å²) in [5.41, 5.74) is 1.52. The van der Waals surface area contributed by atoms with Crippen molar-refractivity contribution in [1.82, 2.24) is 0 Å². The van der Waals surface area contributed by atoms with Crippen LogP contribution in [0.3, 0.4) is 0 Å². The zero-order chi connectivity index (χ0) is 17.9. The Balaban J connectivity index is 2.04. The fraction of sp³-hybridized carbons (Fsp3) is 0.0556. The van der Waals surface area contributed by atoms with E-state index in [9.17, 15) is 12.8 Å². The molecule has 0 saturated carbocycles. The van der Waals surface area contributed by atoms with Gasteiger partial charge in [0.2, 0.25) is 0 Å². The third kappa shape index (κ3) is 4.12. The van der Waals surface area contributed by atoms with Gasteiger partial charge in [0.15, 0.2) is 5.84 Å². The maximum absolute atomic E-state index is 13.8. The molecule has 25 heavy (non-hydrogen) atoms. The van der Waals surface area contributed by atoms with Crippen molar-refractivity contribution >= 4 is 32.9 Å². The second-order valence-electron chi connectivity index (χ2n) is 5.30. The van der Waals surface area contributed by atoms with Gasteiger partial charge in [0.25, 0.3) is 10.0 Å². The lowest BCUT2D eigenvalue weighted by Gasteiger charge is -2.11. The minimum Gasteiger partial charge on any atom is -0.339 e. The van der Waals surface area contributed by atoms with E-state index in [-0.39, 0.29) is 15.9 Å². The van der Waals surface area contributed by atoms with Gasteiger partial charge in [0.05, 0.1) is 0 Å². The van der Waals surface area contributed by atoms with E-state index < -0.39 is 10.0 Å². The van der Waals surface area contributed by atoms with Gasteiger partial charge in [0, 0.05) is 11.3 Å². The molecule has 1 aromatic heterocycles. The first-order chi connectivity index (χ1) is 12.0. The van der Waals surface area contributed by atoms with E-state index in [4.69, 9.17) is 0 Å². The van der Waals surface area contributed by atoms with Crippen LogP contribution >= 0.6 is 11.3 Å². The van der Waals surface area contributed by atoms with Crippen LogP contribution in [-0.4, -0.2) is 14.3 Å². The molecule has 3 rings (SSSR count). The predicted molar refractivity (Wildman–Crippen MR) is 99.2 cm³/mol. The van der Waals surface area contributed by atoms with Crippen molar-refractivity contribution in [2.24, 2.45) is 4.40 Å². The minimum absolute atomic E-state index is 0.136. The average Bonchev–Trinajstić information content (AvgIpc) is 3.14. The van der Waals surface area contributed by atoms with E-state index in [0.29, 0.717) is 16.8 Å². The summed E-state index contributed by atoms with van der Waals surface area (Å²) in [5, 5.41) is 4.59. The van der Waals surface area contributed by atoms with Crippen LogP contribution in [0.1, 0.15) is 11.1 Å². The lowest BCUT2D eigenvalue weighted by atomic mass is 10.2. The quantitative estimate of drug-likeness (QED) is 0.542. The molecule has 0 saturated heterocycles. The fourth-order valence-corrected chi connectivity index (χ4v) is 4.07. The van der Waals surface area contributed by atoms with E-state index in [1.54, 1.807) is 54.8 Å². The van der Waals surface area contributed by atoms with E-state index in [1.165, 1.54) is 12.1 Å². The van der Waals surface area contributed by atoms with Crippen LogP contribution in [0.2, 0.25) is 0 Å². The lowest BCUT2D eigenvalue weighted by Crippen LogP contribution is -2.16. The maximum Gasteiger partial charge on any atom is 0.293 e. The average molecular weight is 374 g/mol. The van der Waals surface area contributed by atoms with E-state index >= 15 is 0 Å². The molecular formula is C18H15FN2O2S2. The first-order valence-corrected chi connectivity index (χ1v) is 9.75. The number of aryl methyl sites for hydroxylation is 1. The highest BCUT2D eigenvalue weighted by Crippen LogP contribution is 2.21. The van der Waals surface area contributed by atoms with Gasteiger partial charge in [-0.1, -0.05) is 42.5 Å². The van der Waals surface area contributed by atoms with E-state index in [0.717, 1.165) is 11.3 Å². The molecule has 0 atom stereocenters.